The number of hydrogen-bond donors (Lipinski definition) is 1. The van der Waals surface area contributed by atoms with Gasteiger partial charge >= 0.3 is 0 Å². The average molecular weight is 487 g/mol. The largest absolute Gasteiger partial charge is 0.482 e. The molecule has 0 unspecified atom stereocenters. The highest BCUT2D eigenvalue weighted by molar-refractivity contribution is 7.89. The molecule has 31 heavy (non-hydrogen) atoms. The third-order valence-electron chi connectivity index (χ3n) is 4.55. The molecule has 9 heteroatoms. The van der Waals surface area contributed by atoms with E-state index in [0.717, 1.165) is 25.7 Å². The van der Waals surface area contributed by atoms with Crippen LogP contribution in [0.25, 0.3) is 0 Å². The van der Waals surface area contributed by atoms with Crippen LogP contribution in [0.3, 0.4) is 0 Å². The Morgan fingerprint density at radius 2 is 1.61 bits per heavy atom. The van der Waals surface area contributed by atoms with E-state index < -0.39 is 15.9 Å². The zero-order valence-electron chi connectivity index (χ0n) is 17.7. The van der Waals surface area contributed by atoms with Gasteiger partial charge in [0.05, 0.1) is 9.92 Å². The molecule has 2 aromatic rings. The second-order valence-electron chi connectivity index (χ2n) is 7.05. The molecule has 0 aromatic heterocycles. The second-order valence-corrected chi connectivity index (χ2v) is 9.83. The lowest BCUT2D eigenvalue weighted by molar-refractivity contribution is -0.118. The first-order chi connectivity index (χ1) is 14.8. The molecule has 6 nitrogen and oxygen atoms in total. The molecule has 0 bridgehead atoms. The van der Waals surface area contributed by atoms with Crippen LogP contribution in [0.1, 0.15) is 39.5 Å². The molecule has 0 fully saturated rings. The van der Waals surface area contributed by atoms with E-state index in [1.807, 2.05) is 13.8 Å². The van der Waals surface area contributed by atoms with Gasteiger partial charge in [-0.2, -0.15) is 4.31 Å². The summed E-state index contributed by atoms with van der Waals surface area (Å²) >= 11 is 11.9. The molecule has 1 amide bonds. The number of carbonyl (C=O) groups is 1. The predicted octanol–water partition coefficient (Wildman–Crippen LogP) is 5.60. The van der Waals surface area contributed by atoms with E-state index in [-0.39, 0.29) is 11.5 Å². The number of amides is 1. The van der Waals surface area contributed by atoms with Crippen molar-refractivity contribution in [1.29, 1.82) is 0 Å². The Labute approximate surface area is 194 Å². The Balaban J connectivity index is 2.00. The van der Waals surface area contributed by atoms with E-state index in [4.69, 9.17) is 27.9 Å². The lowest BCUT2D eigenvalue weighted by Gasteiger charge is -2.22. The quantitative estimate of drug-likeness (QED) is 0.423. The summed E-state index contributed by atoms with van der Waals surface area (Å²) in [6.45, 7) is 4.83. The summed E-state index contributed by atoms with van der Waals surface area (Å²) in [6.07, 6.45) is 3.47. The van der Waals surface area contributed by atoms with Crippen LogP contribution < -0.4 is 10.1 Å². The first kappa shape index (κ1) is 25.5. The van der Waals surface area contributed by atoms with Crippen molar-refractivity contribution in [2.75, 3.05) is 25.0 Å². The molecule has 0 saturated carbocycles. The minimum atomic E-state index is -3.57. The van der Waals surface area contributed by atoms with Crippen molar-refractivity contribution >= 4 is 44.8 Å². The third kappa shape index (κ3) is 7.68. The third-order valence-corrected chi connectivity index (χ3v) is 6.99. The fraction of sp³-hybridized carbons (Fsp3) is 0.409. The minimum Gasteiger partial charge on any atom is -0.482 e. The molecule has 0 aliphatic heterocycles. The van der Waals surface area contributed by atoms with Crippen molar-refractivity contribution in [2.24, 2.45) is 0 Å². The van der Waals surface area contributed by atoms with Crippen molar-refractivity contribution in [3.05, 3.63) is 52.5 Å². The van der Waals surface area contributed by atoms with Crippen molar-refractivity contribution in [3.63, 3.8) is 0 Å². The lowest BCUT2D eigenvalue weighted by atomic mass is 10.3. The van der Waals surface area contributed by atoms with Crippen LogP contribution in [0.5, 0.6) is 5.75 Å². The van der Waals surface area contributed by atoms with Crippen LogP contribution in [0.2, 0.25) is 10.0 Å². The molecule has 0 aliphatic rings. The van der Waals surface area contributed by atoms with Crippen LogP contribution in [-0.4, -0.2) is 38.3 Å². The highest BCUT2D eigenvalue weighted by Crippen LogP contribution is 2.27. The normalized spacial score (nSPS) is 11.5. The van der Waals surface area contributed by atoms with Crippen LogP contribution in [0, 0.1) is 0 Å². The number of hydrogen-bond acceptors (Lipinski definition) is 4. The molecule has 170 valence electrons. The van der Waals surface area contributed by atoms with Gasteiger partial charge in [-0.1, -0.05) is 49.9 Å². The van der Waals surface area contributed by atoms with Gasteiger partial charge in [-0.05, 0) is 55.3 Å². The number of benzene rings is 2. The monoisotopic (exact) mass is 486 g/mol. The van der Waals surface area contributed by atoms with Crippen molar-refractivity contribution in [1.82, 2.24) is 4.31 Å². The molecule has 0 radical (unpaired) electrons. The Bertz CT molecular complexity index is 958. The Hall–Kier alpha value is -1.80. The summed E-state index contributed by atoms with van der Waals surface area (Å²) in [5, 5.41) is 3.46. The SMILES string of the molecule is CCCCN(CCCC)S(=O)(=O)c1ccc(NC(=O)COc2ccc(Cl)cc2Cl)cc1. The topological polar surface area (TPSA) is 75.7 Å². The average Bonchev–Trinajstić information content (AvgIpc) is 2.73. The molecule has 0 saturated heterocycles. The summed E-state index contributed by atoms with van der Waals surface area (Å²) < 4.78 is 32.9. The molecule has 0 spiro atoms. The number of unbranched alkanes of at least 4 members (excludes halogenated alkanes) is 2. The van der Waals surface area contributed by atoms with Crippen LogP contribution >= 0.6 is 23.2 Å². The molecule has 2 rings (SSSR count). The van der Waals surface area contributed by atoms with Crippen molar-refractivity contribution in [2.45, 2.75) is 44.4 Å². The van der Waals surface area contributed by atoms with Gasteiger partial charge in [-0.25, -0.2) is 8.42 Å². The summed E-state index contributed by atoms with van der Waals surface area (Å²) in [7, 11) is -3.57. The number of carbonyl (C=O) groups excluding carboxylic acids is 1. The van der Waals surface area contributed by atoms with Gasteiger partial charge in [0.2, 0.25) is 10.0 Å². The molecule has 0 heterocycles. The molecular weight excluding hydrogens is 459 g/mol. The summed E-state index contributed by atoms with van der Waals surface area (Å²) in [6, 6.07) is 10.9. The first-order valence-corrected chi connectivity index (χ1v) is 12.5. The van der Waals surface area contributed by atoms with Crippen LogP contribution in [0.15, 0.2) is 47.4 Å². The molecular formula is C22H28Cl2N2O4S. The zero-order valence-corrected chi connectivity index (χ0v) is 20.1. The maximum absolute atomic E-state index is 13.0. The number of nitrogens with zero attached hydrogens (tertiary/aromatic N) is 1. The van der Waals surface area contributed by atoms with E-state index in [2.05, 4.69) is 5.32 Å². The number of rotatable bonds is 12. The van der Waals surface area contributed by atoms with Gasteiger partial charge in [0, 0.05) is 23.8 Å². The summed E-state index contributed by atoms with van der Waals surface area (Å²) in [4.78, 5) is 12.4. The number of anilines is 1. The standard InChI is InChI=1S/C22H28Cl2N2O4S/c1-3-5-13-26(14-6-4-2)31(28,29)19-10-8-18(9-11-19)25-22(27)16-30-21-12-7-17(23)15-20(21)24/h7-12,15H,3-6,13-14,16H2,1-2H3,(H,25,27). The summed E-state index contributed by atoms with van der Waals surface area (Å²) in [5.41, 5.74) is 0.475. The van der Waals surface area contributed by atoms with Gasteiger partial charge < -0.3 is 10.1 Å². The Kier molecular flexibility index (Phi) is 10.1. The van der Waals surface area contributed by atoms with Gasteiger partial charge in [-0.3, -0.25) is 4.79 Å². The highest BCUT2D eigenvalue weighted by Gasteiger charge is 2.23. The van der Waals surface area contributed by atoms with Gasteiger partial charge in [0.1, 0.15) is 5.75 Å². The number of ether oxygens (including phenoxy) is 1. The Morgan fingerprint density at radius 3 is 2.16 bits per heavy atom. The van der Waals surface area contributed by atoms with E-state index in [0.29, 0.717) is 34.6 Å². The van der Waals surface area contributed by atoms with E-state index in [9.17, 15) is 13.2 Å². The van der Waals surface area contributed by atoms with Crippen LogP contribution in [0.4, 0.5) is 5.69 Å². The second kappa shape index (κ2) is 12.3. The fourth-order valence-corrected chi connectivity index (χ4v) is 4.79. The van der Waals surface area contributed by atoms with Crippen molar-refractivity contribution in [3.8, 4) is 5.75 Å². The van der Waals surface area contributed by atoms with Crippen molar-refractivity contribution < 1.29 is 17.9 Å². The van der Waals surface area contributed by atoms with E-state index >= 15 is 0 Å². The minimum absolute atomic E-state index is 0.210. The predicted molar refractivity (Wildman–Crippen MR) is 126 cm³/mol. The highest BCUT2D eigenvalue weighted by atomic mass is 35.5. The maximum atomic E-state index is 13.0. The van der Waals surface area contributed by atoms with Gasteiger partial charge in [0.15, 0.2) is 6.61 Å². The molecule has 0 aliphatic carbocycles. The number of sulfonamides is 1. The smallest absolute Gasteiger partial charge is 0.262 e. The maximum Gasteiger partial charge on any atom is 0.262 e. The number of halogens is 2. The van der Waals surface area contributed by atoms with Gasteiger partial charge in [-0.15, -0.1) is 0 Å². The zero-order chi connectivity index (χ0) is 22.9. The Morgan fingerprint density at radius 1 is 1.00 bits per heavy atom. The first-order valence-electron chi connectivity index (χ1n) is 10.3. The molecule has 1 N–H and O–H groups in total. The van der Waals surface area contributed by atoms with E-state index in [1.165, 1.54) is 22.5 Å². The summed E-state index contributed by atoms with van der Waals surface area (Å²) in [5.74, 6) is -0.0453. The molecule has 2 aromatic carbocycles. The lowest BCUT2D eigenvalue weighted by Crippen LogP contribution is -2.33. The molecule has 0 atom stereocenters. The van der Waals surface area contributed by atoms with E-state index in [1.54, 1.807) is 24.3 Å². The van der Waals surface area contributed by atoms with Gasteiger partial charge in [0.25, 0.3) is 5.91 Å². The fourth-order valence-electron chi connectivity index (χ4n) is 2.81. The van der Waals surface area contributed by atoms with Crippen LogP contribution in [-0.2, 0) is 14.8 Å². The number of nitrogens with one attached hydrogen (secondary N) is 1.